The van der Waals surface area contributed by atoms with Crippen molar-refractivity contribution in [2.24, 2.45) is 5.41 Å². The van der Waals surface area contributed by atoms with Crippen LogP contribution in [0.15, 0.2) is 30.3 Å². The molecule has 0 N–H and O–H groups in total. The van der Waals surface area contributed by atoms with Crippen molar-refractivity contribution < 1.29 is 0 Å². The fourth-order valence-corrected chi connectivity index (χ4v) is 3.49. The second-order valence-electron chi connectivity index (χ2n) is 8.25. The average Bonchev–Trinajstić information content (AvgIpc) is 2.47. The lowest BCUT2D eigenvalue weighted by molar-refractivity contribution is 0.138. The van der Waals surface area contributed by atoms with Crippen molar-refractivity contribution in [2.75, 3.05) is 19.6 Å². The molecule has 0 atom stereocenters. The number of likely N-dealkylation sites (tertiary alicyclic amines) is 1. The maximum Gasteiger partial charge on any atom is 0.00327 e. The predicted octanol–water partition coefficient (Wildman–Crippen LogP) is 5.26. The molecular formula is C20H33N. The molecule has 0 unspecified atom stereocenters. The Morgan fingerprint density at radius 1 is 0.857 bits per heavy atom. The van der Waals surface area contributed by atoms with Crippen LogP contribution in [0.1, 0.15) is 65.4 Å². The van der Waals surface area contributed by atoms with Crippen LogP contribution in [0, 0.1) is 5.41 Å². The maximum atomic E-state index is 2.68. The zero-order chi connectivity index (χ0) is 15.3. The molecule has 1 aliphatic rings. The van der Waals surface area contributed by atoms with Crippen LogP contribution in [0.2, 0.25) is 0 Å². The van der Waals surface area contributed by atoms with E-state index in [9.17, 15) is 0 Å². The number of hydrogen-bond donors (Lipinski definition) is 0. The van der Waals surface area contributed by atoms with Crippen LogP contribution >= 0.6 is 0 Å². The van der Waals surface area contributed by atoms with Gasteiger partial charge in [-0.2, -0.15) is 0 Å². The van der Waals surface area contributed by atoms with Crippen molar-refractivity contribution >= 4 is 0 Å². The van der Waals surface area contributed by atoms with E-state index in [1.54, 1.807) is 0 Å². The minimum atomic E-state index is 0.278. The number of piperidine rings is 1. The molecule has 2 rings (SSSR count). The zero-order valence-electron chi connectivity index (χ0n) is 14.5. The van der Waals surface area contributed by atoms with Gasteiger partial charge < -0.3 is 4.90 Å². The van der Waals surface area contributed by atoms with Crippen molar-refractivity contribution in [3.63, 3.8) is 0 Å². The Balaban J connectivity index is 1.88. The molecule has 0 saturated carbocycles. The minimum Gasteiger partial charge on any atom is -0.303 e. The third-order valence-corrected chi connectivity index (χ3v) is 5.08. The van der Waals surface area contributed by atoms with Crippen LogP contribution < -0.4 is 0 Å². The van der Waals surface area contributed by atoms with Crippen LogP contribution in [-0.4, -0.2) is 24.5 Å². The normalized spacial score (nSPS) is 17.9. The molecule has 0 amide bonds. The molecule has 1 heteroatoms. The monoisotopic (exact) mass is 287 g/mol. The number of benzene rings is 1. The highest BCUT2D eigenvalue weighted by Gasteiger charge is 2.27. The van der Waals surface area contributed by atoms with Crippen molar-refractivity contribution in [3.8, 4) is 0 Å². The third kappa shape index (κ3) is 5.14. The Labute approximate surface area is 131 Å². The van der Waals surface area contributed by atoms with Crippen LogP contribution in [-0.2, 0) is 5.41 Å². The lowest BCUT2D eigenvalue weighted by Gasteiger charge is -2.37. The van der Waals surface area contributed by atoms with Gasteiger partial charge in [0.2, 0.25) is 0 Å². The lowest BCUT2D eigenvalue weighted by atomic mass is 9.75. The average molecular weight is 287 g/mol. The molecule has 1 nitrogen and oxygen atoms in total. The summed E-state index contributed by atoms with van der Waals surface area (Å²) in [4.78, 5) is 2.68. The largest absolute Gasteiger partial charge is 0.303 e. The van der Waals surface area contributed by atoms with E-state index in [1.807, 2.05) is 0 Å². The van der Waals surface area contributed by atoms with Gasteiger partial charge in [-0.3, -0.25) is 0 Å². The first-order valence-electron chi connectivity index (χ1n) is 8.67. The molecule has 1 aromatic carbocycles. The Kier molecular flexibility index (Phi) is 5.48. The van der Waals surface area contributed by atoms with E-state index in [1.165, 1.54) is 57.3 Å². The molecule has 0 radical (unpaired) electrons. The van der Waals surface area contributed by atoms with Gasteiger partial charge in [0.15, 0.2) is 0 Å². The summed E-state index contributed by atoms with van der Waals surface area (Å²) in [5.41, 5.74) is 2.17. The van der Waals surface area contributed by atoms with E-state index < -0.39 is 0 Å². The molecule has 1 aromatic rings. The highest BCUT2D eigenvalue weighted by Crippen LogP contribution is 2.34. The second kappa shape index (κ2) is 6.96. The molecule has 0 aliphatic carbocycles. The highest BCUT2D eigenvalue weighted by atomic mass is 15.1. The summed E-state index contributed by atoms with van der Waals surface area (Å²) < 4.78 is 0. The van der Waals surface area contributed by atoms with E-state index in [-0.39, 0.29) is 5.41 Å². The second-order valence-corrected chi connectivity index (χ2v) is 8.25. The van der Waals surface area contributed by atoms with Crippen molar-refractivity contribution in [2.45, 2.75) is 65.2 Å². The summed E-state index contributed by atoms with van der Waals surface area (Å²) in [6.07, 6.45) is 6.78. The standard InChI is InChI=1S/C20H33N/c1-19(2,17-21-15-9-6-10-16-21)13-14-20(3,4)18-11-7-5-8-12-18/h5,7-8,11-12H,6,9-10,13-17H2,1-4H3. The molecule has 1 heterocycles. The van der Waals surface area contributed by atoms with Crippen molar-refractivity contribution in [1.29, 1.82) is 0 Å². The molecule has 0 aromatic heterocycles. The van der Waals surface area contributed by atoms with E-state index in [4.69, 9.17) is 0 Å². The quantitative estimate of drug-likeness (QED) is 0.690. The first-order valence-corrected chi connectivity index (χ1v) is 8.67. The van der Waals surface area contributed by atoms with Gasteiger partial charge in [0.25, 0.3) is 0 Å². The summed E-state index contributed by atoms with van der Waals surface area (Å²) in [5.74, 6) is 0. The molecule has 21 heavy (non-hydrogen) atoms. The first-order chi connectivity index (χ1) is 9.89. The van der Waals surface area contributed by atoms with Crippen molar-refractivity contribution in [1.82, 2.24) is 4.90 Å². The molecule has 118 valence electrons. The first kappa shape index (κ1) is 16.5. The van der Waals surface area contributed by atoms with E-state index >= 15 is 0 Å². The molecule has 1 aliphatic heterocycles. The van der Waals surface area contributed by atoms with E-state index in [2.05, 4.69) is 62.9 Å². The Morgan fingerprint density at radius 3 is 2.10 bits per heavy atom. The van der Waals surface area contributed by atoms with E-state index in [0.717, 1.165) is 0 Å². The summed E-state index contributed by atoms with van der Waals surface area (Å²) >= 11 is 0. The molecule has 0 bridgehead atoms. The van der Waals surface area contributed by atoms with E-state index in [0.29, 0.717) is 5.41 Å². The van der Waals surface area contributed by atoms with Crippen molar-refractivity contribution in [3.05, 3.63) is 35.9 Å². The maximum absolute atomic E-state index is 2.68. The van der Waals surface area contributed by atoms with Crippen LogP contribution in [0.4, 0.5) is 0 Å². The SMILES string of the molecule is CC(C)(CCC(C)(C)c1ccccc1)CN1CCCCC1. The Morgan fingerprint density at radius 2 is 1.48 bits per heavy atom. The van der Waals surface area contributed by atoms with Gasteiger partial charge in [-0.1, -0.05) is 64.4 Å². The topological polar surface area (TPSA) is 3.24 Å². The van der Waals surface area contributed by atoms with Crippen LogP contribution in [0.3, 0.4) is 0 Å². The molecule has 0 spiro atoms. The van der Waals surface area contributed by atoms with Gasteiger partial charge >= 0.3 is 0 Å². The molecule has 1 fully saturated rings. The Hall–Kier alpha value is -0.820. The smallest absolute Gasteiger partial charge is 0.00327 e. The highest BCUT2D eigenvalue weighted by molar-refractivity contribution is 5.23. The van der Waals surface area contributed by atoms with Crippen LogP contribution in [0.25, 0.3) is 0 Å². The summed E-state index contributed by atoms with van der Waals surface area (Å²) in [7, 11) is 0. The third-order valence-electron chi connectivity index (χ3n) is 5.08. The number of hydrogen-bond acceptors (Lipinski definition) is 1. The fraction of sp³-hybridized carbons (Fsp3) is 0.700. The van der Waals surface area contributed by atoms with Crippen LogP contribution in [0.5, 0.6) is 0 Å². The van der Waals surface area contributed by atoms with Gasteiger partial charge in [-0.25, -0.2) is 0 Å². The lowest BCUT2D eigenvalue weighted by Crippen LogP contribution is -2.38. The predicted molar refractivity (Wildman–Crippen MR) is 92.8 cm³/mol. The van der Waals surface area contributed by atoms with Gasteiger partial charge in [0.05, 0.1) is 0 Å². The summed E-state index contributed by atoms with van der Waals surface area (Å²) in [5, 5.41) is 0. The summed E-state index contributed by atoms with van der Waals surface area (Å²) in [6, 6.07) is 11.0. The minimum absolute atomic E-state index is 0.278. The van der Waals surface area contributed by atoms with Gasteiger partial charge in [-0.05, 0) is 55.2 Å². The number of nitrogens with zero attached hydrogens (tertiary/aromatic N) is 1. The van der Waals surface area contributed by atoms with Gasteiger partial charge in [0, 0.05) is 6.54 Å². The van der Waals surface area contributed by atoms with Gasteiger partial charge in [-0.15, -0.1) is 0 Å². The molecular weight excluding hydrogens is 254 g/mol. The fourth-order valence-electron chi connectivity index (χ4n) is 3.49. The zero-order valence-corrected chi connectivity index (χ0v) is 14.5. The van der Waals surface area contributed by atoms with Gasteiger partial charge in [0.1, 0.15) is 0 Å². The number of rotatable bonds is 6. The summed E-state index contributed by atoms with van der Waals surface area (Å²) in [6.45, 7) is 13.6. The Bertz CT molecular complexity index is 413. The molecule has 1 saturated heterocycles.